The third-order valence-corrected chi connectivity index (χ3v) is 4.11. The fraction of sp³-hybridized carbons (Fsp3) is 0.533. The predicted molar refractivity (Wildman–Crippen MR) is 79.3 cm³/mol. The summed E-state index contributed by atoms with van der Waals surface area (Å²) in [5.41, 5.74) is 2.62. The summed E-state index contributed by atoms with van der Waals surface area (Å²) in [6.45, 7) is 5.27. The summed E-state index contributed by atoms with van der Waals surface area (Å²) >= 11 is 0. The molecule has 1 aromatic carbocycles. The fourth-order valence-electron chi connectivity index (χ4n) is 2.83. The summed E-state index contributed by atoms with van der Waals surface area (Å²) in [6.07, 6.45) is 1.26. The molecule has 2 atom stereocenters. The first-order chi connectivity index (χ1) is 9.75. The number of hydrogen-bond acceptors (Lipinski definition) is 4. The van der Waals surface area contributed by atoms with Crippen molar-refractivity contribution in [2.75, 3.05) is 36.9 Å². The van der Waals surface area contributed by atoms with Crippen molar-refractivity contribution in [2.45, 2.75) is 19.4 Å². The molecule has 1 saturated heterocycles. The van der Waals surface area contributed by atoms with E-state index in [4.69, 9.17) is 4.74 Å². The highest BCUT2D eigenvalue weighted by atomic mass is 16.5. The third-order valence-electron chi connectivity index (χ3n) is 4.11. The zero-order valence-electron chi connectivity index (χ0n) is 11.7. The Hall–Kier alpha value is -1.75. The molecule has 0 saturated carbocycles. The first-order valence-corrected chi connectivity index (χ1v) is 7.26. The molecule has 108 valence electrons. The van der Waals surface area contributed by atoms with Gasteiger partial charge in [0.2, 0.25) is 0 Å². The minimum Gasteiger partial charge on any atom is -0.382 e. The zero-order chi connectivity index (χ0) is 13.9. The minimum absolute atomic E-state index is 0.0165. The molecule has 0 bridgehead atoms. The Kier molecular flexibility index (Phi) is 3.78. The van der Waals surface area contributed by atoms with E-state index in [2.05, 4.69) is 22.9 Å². The van der Waals surface area contributed by atoms with E-state index < -0.39 is 0 Å². The lowest BCUT2D eigenvalue weighted by molar-refractivity contribution is 0.0908. The lowest BCUT2D eigenvalue weighted by Crippen LogP contribution is -2.33. The summed E-state index contributed by atoms with van der Waals surface area (Å²) in [7, 11) is 0. The molecule has 20 heavy (non-hydrogen) atoms. The van der Waals surface area contributed by atoms with E-state index >= 15 is 0 Å². The monoisotopic (exact) mass is 275 g/mol. The molecule has 0 radical (unpaired) electrons. The van der Waals surface area contributed by atoms with Crippen LogP contribution in [0.25, 0.3) is 0 Å². The molecule has 2 aliphatic heterocycles. The van der Waals surface area contributed by atoms with Crippen LogP contribution in [0, 0.1) is 5.92 Å². The maximum atomic E-state index is 12.4. The van der Waals surface area contributed by atoms with Gasteiger partial charge in [0.15, 0.2) is 0 Å². The van der Waals surface area contributed by atoms with Gasteiger partial charge in [0.25, 0.3) is 5.91 Å². The Balaban J connectivity index is 1.68. The van der Waals surface area contributed by atoms with Gasteiger partial charge >= 0.3 is 0 Å². The molecular weight excluding hydrogens is 254 g/mol. The quantitative estimate of drug-likeness (QED) is 0.785. The van der Waals surface area contributed by atoms with E-state index in [0.29, 0.717) is 18.0 Å². The van der Waals surface area contributed by atoms with E-state index in [1.54, 1.807) is 0 Å². The van der Waals surface area contributed by atoms with Crippen molar-refractivity contribution in [3.8, 4) is 0 Å². The van der Waals surface area contributed by atoms with E-state index in [9.17, 15) is 4.79 Å². The molecule has 1 amide bonds. The van der Waals surface area contributed by atoms with Gasteiger partial charge in [-0.05, 0) is 25.5 Å². The van der Waals surface area contributed by atoms with Gasteiger partial charge in [0.05, 0.1) is 23.0 Å². The normalized spacial score (nSPS) is 24.4. The maximum Gasteiger partial charge on any atom is 0.253 e. The number of carbonyl (C=O) groups excluding carboxylic acids is 1. The molecule has 2 heterocycles. The topological polar surface area (TPSA) is 62.4 Å². The van der Waals surface area contributed by atoms with Gasteiger partial charge < -0.3 is 20.7 Å². The highest BCUT2D eigenvalue weighted by Crippen LogP contribution is 2.28. The Labute approximate surface area is 119 Å². The van der Waals surface area contributed by atoms with Crippen LogP contribution >= 0.6 is 0 Å². The molecule has 5 nitrogen and oxygen atoms in total. The lowest BCUT2D eigenvalue weighted by Gasteiger charge is -2.22. The van der Waals surface area contributed by atoms with Gasteiger partial charge in [0, 0.05) is 32.2 Å². The second-order valence-corrected chi connectivity index (χ2v) is 5.42. The summed E-state index contributed by atoms with van der Waals surface area (Å²) < 4.78 is 5.52. The summed E-state index contributed by atoms with van der Waals surface area (Å²) in [4.78, 5) is 12.4. The van der Waals surface area contributed by atoms with Crippen LogP contribution in [-0.2, 0) is 4.74 Å². The van der Waals surface area contributed by atoms with Gasteiger partial charge in [-0.25, -0.2) is 0 Å². The third kappa shape index (κ3) is 2.58. The highest BCUT2D eigenvalue weighted by molar-refractivity contribution is 6.02. The van der Waals surface area contributed by atoms with Gasteiger partial charge in [-0.15, -0.1) is 0 Å². The number of ether oxygens (including phenoxy) is 1. The zero-order valence-corrected chi connectivity index (χ0v) is 11.7. The molecule has 0 aliphatic carbocycles. The Morgan fingerprint density at radius 2 is 2.25 bits per heavy atom. The number of amides is 1. The fourth-order valence-corrected chi connectivity index (χ4v) is 2.83. The number of nitrogens with one attached hydrogen (secondary N) is 3. The van der Waals surface area contributed by atoms with Crippen molar-refractivity contribution in [1.29, 1.82) is 0 Å². The summed E-state index contributed by atoms with van der Waals surface area (Å²) in [6, 6.07) is 5.77. The van der Waals surface area contributed by atoms with E-state index in [1.807, 2.05) is 18.2 Å². The molecular formula is C15H21N3O2. The van der Waals surface area contributed by atoms with Crippen LogP contribution in [0.5, 0.6) is 0 Å². The molecule has 0 aromatic heterocycles. The number of carbonyl (C=O) groups is 1. The SMILES string of the molecule is CC1OCCC1CNC(=O)c1cccc2c1NCCN2. The van der Waals surface area contributed by atoms with Crippen molar-refractivity contribution >= 4 is 17.3 Å². The Morgan fingerprint density at radius 3 is 3.05 bits per heavy atom. The van der Waals surface area contributed by atoms with Crippen molar-refractivity contribution in [1.82, 2.24) is 5.32 Å². The van der Waals surface area contributed by atoms with E-state index in [0.717, 1.165) is 37.5 Å². The molecule has 1 fully saturated rings. The molecule has 3 rings (SSSR count). The predicted octanol–water partition coefficient (Wildman–Crippen LogP) is 1.68. The molecule has 0 spiro atoms. The van der Waals surface area contributed by atoms with Crippen LogP contribution in [0.3, 0.4) is 0 Å². The van der Waals surface area contributed by atoms with Crippen LogP contribution in [0.4, 0.5) is 11.4 Å². The number of anilines is 2. The molecule has 3 N–H and O–H groups in total. The molecule has 1 aromatic rings. The Morgan fingerprint density at radius 1 is 1.40 bits per heavy atom. The van der Waals surface area contributed by atoms with E-state index in [1.165, 1.54) is 0 Å². The minimum atomic E-state index is -0.0165. The first-order valence-electron chi connectivity index (χ1n) is 7.26. The van der Waals surface area contributed by atoms with Crippen molar-refractivity contribution < 1.29 is 9.53 Å². The lowest BCUT2D eigenvalue weighted by atomic mass is 10.0. The van der Waals surface area contributed by atoms with E-state index in [-0.39, 0.29) is 12.0 Å². The van der Waals surface area contributed by atoms with Crippen LogP contribution in [0.2, 0.25) is 0 Å². The summed E-state index contributed by atoms with van der Waals surface area (Å²) in [5, 5.41) is 9.64. The van der Waals surface area contributed by atoms with Gasteiger partial charge in [-0.2, -0.15) is 0 Å². The molecule has 5 heteroatoms. The second kappa shape index (κ2) is 5.71. The largest absolute Gasteiger partial charge is 0.382 e. The maximum absolute atomic E-state index is 12.4. The standard InChI is InChI=1S/C15H21N3O2/c1-10-11(5-8-20-10)9-18-15(19)12-3-2-4-13-14(12)17-7-6-16-13/h2-4,10-11,16-17H,5-9H2,1H3,(H,18,19). The second-order valence-electron chi connectivity index (χ2n) is 5.42. The van der Waals surface area contributed by atoms with Crippen molar-refractivity contribution in [3.63, 3.8) is 0 Å². The average molecular weight is 275 g/mol. The number of benzene rings is 1. The van der Waals surface area contributed by atoms with Gasteiger partial charge in [0.1, 0.15) is 0 Å². The van der Waals surface area contributed by atoms with Crippen LogP contribution in [0.15, 0.2) is 18.2 Å². The smallest absolute Gasteiger partial charge is 0.253 e. The van der Waals surface area contributed by atoms with Crippen LogP contribution in [0.1, 0.15) is 23.7 Å². The van der Waals surface area contributed by atoms with Gasteiger partial charge in [-0.3, -0.25) is 4.79 Å². The first kappa shape index (κ1) is 13.2. The average Bonchev–Trinajstić information content (AvgIpc) is 2.89. The van der Waals surface area contributed by atoms with Crippen molar-refractivity contribution in [2.24, 2.45) is 5.92 Å². The highest BCUT2D eigenvalue weighted by Gasteiger charge is 2.25. The molecule has 2 aliphatic rings. The van der Waals surface area contributed by atoms with Crippen LogP contribution < -0.4 is 16.0 Å². The number of para-hydroxylation sites is 1. The summed E-state index contributed by atoms with van der Waals surface area (Å²) in [5.74, 6) is 0.404. The number of rotatable bonds is 3. The van der Waals surface area contributed by atoms with Crippen molar-refractivity contribution in [3.05, 3.63) is 23.8 Å². The number of fused-ring (bicyclic) bond motifs is 1. The van der Waals surface area contributed by atoms with Gasteiger partial charge in [-0.1, -0.05) is 6.07 Å². The molecule has 2 unspecified atom stereocenters. The number of hydrogen-bond donors (Lipinski definition) is 3. The van der Waals surface area contributed by atoms with Crippen LogP contribution in [-0.4, -0.2) is 38.3 Å². The Bertz CT molecular complexity index is 504.